The van der Waals surface area contributed by atoms with Gasteiger partial charge in [0.15, 0.2) is 0 Å². The van der Waals surface area contributed by atoms with Crippen molar-refractivity contribution in [3.05, 3.63) is 46.6 Å². The number of aliphatic carboxylic acids is 1. The topological polar surface area (TPSA) is 92.8 Å². The monoisotopic (exact) mass is 356 g/mol. The number of pyridine rings is 1. The second-order valence-electron chi connectivity index (χ2n) is 7.05. The van der Waals surface area contributed by atoms with Crippen LogP contribution in [0.1, 0.15) is 30.9 Å². The summed E-state index contributed by atoms with van der Waals surface area (Å²) in [6, 6.07) is 7.04. The van der Waals surface area contributed by atoms with Crippen molar-refractivity contribution >= 4 is 11.9 Å². The fourth-order valence-corrected chi connectivity index (χ4v) is 4.23. The molecule has 7 heteroatoms. The predicted molar refractivity (Wildman–Crippen MR) is 92.7 cm³/mol. The van der Waals surface area contributed by atoms with Crippen LogP contribution in [0.25, 0.3) is 11.3 Å². The quantitative estimate of drug-likeness (QED) is 0.903. The van der Waals surface area contributed by atoms with E-state index in [4.69, 9.17) is 9.52 Å². The van der Waals surface area contributed by atoms with Crippen LogP contribution in [0.15, 0.2) is 39.7 Å². The molecule has 1 saturated heterocycles. The standard InChI is InChI=1S/C19H20N2O5/c22-16(5-6-18(24)25)20-9-12-8-13(11-20)19-14(15-2-1-7-26-15)3-4-17(23)21(19)10-12/h1-4,7,12-13H,5-6,8-11H2,(H,24,25)/t12-,13-/m0/s1. The van der Waals surface area contributed by atoms with Gasteiger partial charge in [-0.25, -0.2) is 0 Å². The molecule has 2 aromatic heterocycles. The average molecular weight is 356 g/mol. The molecule has 1 fully saturated rings. The van der Waals surface area contributed by atoms with Gasteiger partial charge in [0.2, 0.25) is 5.91 Å². The Balaban J connectivity index is 1.67. The van der Waals surface area contributed by atoms with Crippen LogP contribution in [-0.2, 0) is 16.1 Å². The number of aromatic nitrogens is 1. The number of piperidine rings is 1. The van der Waals surface area contributed by atoms with E-state index in [1.54, 1.807) is 23.3 Å². The van der Waals surface area contributed by atoms with E-state index in [9.17, 15) is 14.4 Å². The van der Waals surface area contributed by atoms with E-state index < -0.39 is 5.97 Å². The lowest BCUT2D eigenvalue weighted by atomic mass is 9.81. The van der Waals surface area contributed by atoms with Gasteiger partial charge in [-0.05, 0) is 30.5 Å². The molecule has 0 aromatic carbocycles. The van der Waals surface area contributed by atoms with Gasteiger partial charge in [0.05, 0.1) is 12.7 Å². The Morgan fingerprint density at radius 3 is 2.73 bits per heavy atom. The summed E-state index contributed by atoms with van der Waals surface area (Å²) in [5, 5.41) is 8.81. The predicted octanol–water partition coefficient (Wildman–Crippen LogP) is 1.92. The molecule has 2 atom stereocenters. The normalized spacial score (nSPS) is 21.3. The fourth-order valence-electron chi connectivity index (χ4n) is 4.23. The minimum absolute atomic E-state index is 0.0153. The zero-order chi connectivity index (χ0) is 18.3. The van der Waals surface area contributed by atoms with Crippen LogP contribution in [0.5, 0.6) is 0 Å². The van der Waals surface area contributed by atoms with E-state index in [0.717, 1.165) is 17.7 Å². The average Bonchev–Trinajstić information content (AvgIpc) is 3.14. The molecule has 2 bridgehead atoms. The molecule has 0 radical (unpaired) electrons. The molecule has 2 aliphatic rings. The zero-order valence-electron chi connectivity index (χ0n) is 14.3. The van der Waals surface area contributed by atoms with E-state index >= 15 is 0 Å². The van der Waals surface area contributed by atoms with E-state index in [1.165, 1.54) is 0 Å². The molecule has 0 aliphatic carbocycles. The summed E-state index contributed by atoms with van der Waals surface area (Å²) < 4.78 is 7.36. The van der Waals surface area contributed by atoms with Crippen LogP contribution >= 0.6 is 0 Å². The summed E-state index contributed by atoms with van der Waals surface area (Å²) in [6.45, 7) is 1.65. The van der Waals surface area contributed by atoms with Crippen LogP contribution < -0.4 is 5.56 Å². The molecule has 0 spiro atoms. The van der Waals surface area contributed by atoms with Gasteiger partial charge in [0.1, 0.15) is 5.76 Å². The van der Waals surface area contributed by atoms with E-state index in [1.807, 2.05) is 16.7 Å². The van der Waals surface area contributed by atoms with Crippen molar-refractivity contribution in [3.8, 4) is 11.3 Å². The third kappa shape index (κ3) is 2.94. The highest BCUT2D eigenvalue weighted by atomic mass is 16.4. The number of nitrogens with zero attached hydrogens (tertiary/aromatic N) is 2. The Kier molecular flexibility index (Phi) is 4.14. The van der Waals surface area contributed by atoms with Crippen molar-refractivity contribution in [2.75, 3.05) is 13.1 Å². The molecule has 136 valence electrons. The number of rotatable bonds is 4. The fraction of sp³-hybridized carbons (Fsp3) is 0.421. The number of carbonyl (C=O) groups excluding carboxylic acids is 1. The highest BCUT2D eigenvalue weighted by Crippen LogP contribution is 2.40. The lowest BCUT2D eigenvalue weighted by Crippen LogP contribution is -2.49. The smallest absolute Gasteiger partial charge is 0.303 e. The first-order chi connectivity index (χ1) is 12.5. The van der Waals surface area contributed by atoms with Gasteiger partial charge in [-0.15, -0.1) is 0 Å². The summed E-state index contributed by atoms with van der Waals surface area (Å²) in [4.78, 5) is 37.3. The third-order valence-electron chi connectivity index (χ3n) is 5.28. The Morgan fingerprint density at radius 1 is 1.15 bits per heavy atom. The minimum atomic E-state index is -0.965. The van der Waals surface area contributed by atoms with Gasteiger partial charge in [0.25, 0.3) is 5.56 Å². The van der Waals surface area contributed by atoms with Crippen LogP contribution in [0.2, 0.25) is 0 Å². The molecular formula is C19H20N2O5. The van der Waals surface area contributed by atoms with Crippen molar-refractivity contribution in [1.29, 1.82) is 0 Å². The van der Waals surface area contributed by atoms with Crippen molar-refractivity contribution in [2.24, 2.45) is 5.92 Å². The van der Waals surface area contributed by atoms with Gasteiger partial charge in [-0.2, -0.15) is 0 Å². The molecule has 1 amide bonds. The van der Waals surface area contributed by atoms with Gasteiger partial charge >= 0.3 is 5.97 Å². The Bertz CT molecular complexity index is 899. The van der Waals surface area contributed by atoms with Crippen molar-refractivity contribution in [1.82, 2.24) is 9.47 Å². The maximum atomic E-state index is 12.4. The number of amides is 1. The van der Waals surface area contributed by atoms with Crippen molar-refractivity contribution in [3.63, 3.8) is 0 Å². The maximum Gasteiger partial charge on any atom is 0.303 e. The maximum absolute atomic E-state index is 12.4. The van der Waals surface area contributed by atoms with Crippen LogP contribution in [0.4, 0.5) is 0 Å². The summed E-state index contributed by atoms with van der Waals surface area (Å²) in [5.41, 5.74) is 1.77. The first-order valence-corrected chi connectivity index (χ1v) is 8.80. The molecule has 4 heterocycles. The molecule has 2 aromatic rings. The molecular weight excluding hydrogens is 336 g/mol. The summed E-state index contributed by atoms with van der Waals surface area (Å²) in [6.07, 6.45) is 2.38. The molecule has 1 N–H and O–H groups in total. The highest BCUT2D eigenvalue weighted by molar-refractivity contribution is 5.81. The molecule has 4 rings (SSSR count). The molecule has 0 saturated carbocycles. The van der Waals surface area contributed by atoms with Crippen LogP contribution in [0.3, 0.4) is 0 Å². The number of carboxylic acid groups (broad SMARTS) is 1. The summed E-state index contributed by atoms with van der Waals surface area (Å²) in [7, 11) is 0. The second-order valence-corrected chi connectivity index (χ2v) is 7.05. The number of carbonyl (C=O) groups is 2. The first kappa shape index (κ1) is 16.6. The highest BCUT2D eigenvalue weighted by Gasteiger charge is 2.38. The lowest BCUT2D eigenvalue weighted by Gasteiger charge is -2.43. The largest absolute Gasteiger partial charge is 0.481 e. The van der Waals surface area contributed by atoms with Gasteiger partial charge in [-0.1, -0.05) is 0 Å². The molecule has 2 aliphatic heterocycles. The lowest BCUT2D eigenvalue weighted by molar-refractivity contribution is -0.141. The van der Waals surface area contributed by atoms with E-state index in [0.29, 0.717) is 25.4 Å². The van der Waals surface area contributed by atoms with E-state index in [2.05, 4.69) is 0 Å². The summed E-state index contributed by atoms with van der Waals surface area (Å²) >= 11 is 0. The number of likely N-dealkylation sites (tertiary alicyclic amines) is 1. The number of furan rings is 1. The van der Waals surface area contributed by atoms with Gasteiger partial charge in [0, 0.05) is 49.3 Å². The number of carboxylic acids is 1. The minimum Gasteiger partial charge on any atom is -0.481 e. The molecule has 7 nitrogen and oxygen atoms in total. The van der Waals surface area contributed by atoms with Gasteiger partial charge in [-0.3, -0.25) is 14.4 Å². The van der Waals surface area contributed by atoms with Crippen LogP contribution in [0, 0.1) is 5.92 Å². The van der Waals surface area contributed by atoms with Crippen LogP contribution in [-0.4, -0.2) is 39.5 Å². The Morgan fingerprint density at radius 2 is 2.00 bits per heavy atom. The third-order valence-corrected chi connectivity index (χ3v) is 5.28. The number of hydrogen-bond acceptors (Lipinski definition) is 4. The van der Waals surface area contributed by atoms with E-state index in [-0.39, 0.29) is 36.1 Å². The number of fused-ring (bicyclic) bond motifs is 4. The SMILES string of the molecule is O=C(O)CCC(=O)N1C[C@@H]2C[C@@H](C1)c1c(-c3ccco3)ccc(=O)n1C2. The van der Waals surface area contributed by atoms with Gasteiger partial charge < -0.3 is 19.0 Å². The zero-order valence-corrected chi connectivity index (χ0v) is 14.3. The summed E-state index contributed by atoms with van der Waals surface area (Å²) in [5.74, 6) is -0.132. The van der Waals surface area contributed by atoms with Crippen molar-refractivity contribution in [2.45, 2.75) is 31.7 Å². The number of hydrogen-bond donors (Lipinski definition) is 1. The Hall–Kier alpha value is -2.83. The first-order valence-electron chi connectivity index (χ1n) is 8.80. The Labute approximate surface area is 149 Å². The molecule has 0 unspecified atom stereocenters. The second kappa shape index (κ2) is 6.48. The van der Waals surface area contributed by atoms with Crippen molar-refractivity contribution < 1.29 is 19.1 Å². The molecule has 26 heavy (non-hydrogen) atoms.